The highest BCUT2D eigenvalue weighted by Crippen LogP contribution is 2.44. The second-order valence-electron chi connectivity index (χ2n) is 5.68. The first-order valence-corrected chi connectivity index (χ1v) is 7.66. The molecule has 17 heavy (non-hydrogen) atoms. The van der Waals surface area contributed by atoms with E-state index in [4.69, 9.17) is 0 Å². The molecule has 2 unspecified atom stereocenters. The molecule has 0 fully saturated rings. The summed E-state index contributed by atoms with van der Waals surface area (Å²) in [6, 6.07) is 0. The molecular weight excluding hydrogens is 224 g/mol. The predicted molar refractivity (Wildman–Crippen MR) is 78.9 cm³/mol. The summed E-state index contributed by atoms with van der Waals surface area (Å²) in [7, 11) is 0. The van der Waals surface area contributed by atoms with E-state index in [1.807, 2.05) is 11.3 Å². The van der Waals surface area contributed by atoms with Crippen molar-refractivity contribution in [2.24, 2.45) is 5.92 Å². The normalized spacial score (nSPS) is 23.5. The van der Waals surface area contributed by atoms with Gasteiger partial charge in [-0.25, -0.2) is 0 Å². The van der Waals surface area contributed by atoms with Gasteiger partial charge in [0.2, 0.25) is 0 Å². The monoisotopic (exact) mass is 248 g/mol. The van der Waals surface area contributed by atoms with E-state index >= 15 is 0 Å². The second kappa shape index (κ2) is 4.97. The minimum atomic E-state index is 0.751. The summed E-state index contributed by atoms with van der Waals surface area (Å²) >= 11 is 2.02. The Balaban J connectivity index is 2.43. The summed E-state index contributed by atoms with van der Waals surface area (Å²) in [5.41, 5.74) is 4.52. The van der Waals surface area contributed by atoms with E-state index in [1.54, 1.807) is 10.4 Å². The Morgan fingerprint density at radius 1 is 1.41 bits per heavy atom. The molecular formula is C16H24S. The fourth-order valence-corrected chi connectivity index (χ4v) is 4.55. The molecule has 0 amide bonds. The van der Waals surface area contributed by atoms with E-state index in [0.717, 1.165) is 18.3 Å². The van der Waals surface area contributed by atoms with Gasteiger partial charge in [-0.3, -0.25) is 0 Å². The van der Waals surface area contributed by atoms with Crippen LogP contribution in [0.2, 0.25) is 0 Å². The van der Waals surface area contributed by atoms with Gasteiger partial charge in [-0.2, -0.15) is 0 Å². The van der Waals surface area contributed by atoms with Crippen LogP contribution in [0.1, 0.15) is 66.8 Å². The summed E-state index contributed by atoms with van der Waals surface area (Å²) in [6.07, 6.45) is 4.97. The van der Waals surface area contributed by atoms with Gasteiger partial charge in [-0.15, -0.1) is 11.3 Å². The molecule has 0 bridgehead atoms. The number of rotatable bonds is 3. The molecule has 0 aliphatic heterocycles. The summed E-state index contributed by atoms with van der Waals surface area (Å²) < 4.78 is 0. The number of aryl methyl sites for hydroxylation is 1. The maximum absolute atomic E-state index is 4.31. The summed E-state index contributed by atoms with van der Waals surface area (Å²) in [4.78, 5) is 3.14. The highest BCUT2D eigenvalue weighted by Gasteiger charge is 2.27. The summed E-state index contributed by atoms with van der Waals surface area (Å²) in [6.45, 7) is 13.6. The van der Waals surface area contributed by atoms with Gasteiger partial charge in [0.25, 0.3) is 0 Å². The van der Waals surface area contributed by atoms with Crippen molar-refractivity contribution >= 4 is 16.9 Å². The Morgan fingerprint density at radius 2 is 2.12 bits per heavy atom. The molecule has 2 rings (SSSR count). The van der Waals surface area contributed by atoms with Crippen molar-refractivity contribution in [1.82, 2.24) is 0 Å². The maximum Gasteiger partial charge on any atom is 0.0115 e. The van der Waals surface area contributed by atoms with Crippen LogP contribution in [0, 0.1) is 12.8 Å². The molecule has 0 aromatic carbocycles. The molecule has 0 radical (unpaired) electrons. The first kappa shape index (κ1) is 12.9. The van der Waals surface area contributed by atoms with Crippen molar-refractivity contribution in [1.29, 1.82) is 0 Å². The molecule has 1 aromatic rings. The molecule has 0 saturated heterocycles. The van der Waals surface area contributed by atoms with Gasteiger partial charge in [0.1, 0.15) is 0 Å². The Morgan fingerprint density at radius 3 is 2.76 bits per heavy atom. The first-order valence-electron chi connectivity index (χ1n) is 6.84. The third-order valence-electron chi connectivity index (χ3n) is 3.88. The van der Waals surface area contributed by atoms with E-state index in [9.17, 15) is 0 Å². The van der Waals surface area contributed by atoms with Gasteiger partial charge in [-0.1, -0.05) is 33.8 Å². The average Bonchev–Trinajstić information content (AvgIpc) is 2.55. The molecule has 1 heteroatoms. The van der Waals surface area contributed by atoms with Crippen LogP contribution >= 0.6 is 11.3 Å². The van der Waals surface area contributed by atoms with Gasteiger partial charge in [-0.05, 0) is 54.7 Å². The largest absolute Gasteiger partial charge is 0.144 e. The minimum Gasteiger partial charge on any atom is -0.144 e. The fraction of sp³-hybridized carbons (Fsp3) is 0.625. The van der Waals surface area contributed by atoms with Gasteiger partial charge in [0.15, 0.2) is 0 Å². The Hall–Kier alpha value is -0.560. The van der Waals surface area contributed by atoms with E-state index in [1.165, 1.54) is 35.3 Å². The second-order valence-corrected chi connectivity index (χ2v) is 6.93. The molecule has 1 heterocycles. The quantitative estimate of drug-likeness (QED) is 0.657. The average molecular weight is 248 g/mol. The first-order chi connectivity index (χ1) is 8.04. The number of thiophene rings is 1. The number of fused-ring (bicyclic) bond motifs is 1. The van der Waals surface area contributed by atoms with Gasteiger partial charge < -0.3 is 0 Å². The minimum absolute atomic E-state index is 0.751. The van der Waals surface area contributed by atoms with Crippen molar-refractivity contribution in [2.75, 3.05) is 0 Å². The SMILES string of the molecule is C=C(CCC)c1c(C)sc2c1CC(C)CC2C. The number of allylic oxidation sites excluding steroid dienone is 1. The van der Waals surface area contributed by atoms with Gasteiger partial charge in [0.05, 0.1) is 0 Å². The molecule has 94 valence electrons. The smallest absolute Gasteiger partial charge is 0.0115 e. The molecule has 1 aromatic heterocycles. The summed E-state index contributed by atoms with van der Waals surface area (Å²) in [5.74, 6) is 1.58. The molecule has 0 spiro atoms. The Bertz CT molecular complexity index is 425. The highest BCUT2D eigenvalue weighted by atomic mass is 32.1. The number of hydrogen-bond donors (Lipinski definition) is 0. The van der Waals surface area contributed by atoms with Crippen LogP contribution in [0.15, 0.2) is 6.58 Å². The lowest BCUT2D eigenvalue weighted by atomic mass is 9.80. The van der Waals surface area contributed by atoms with Crippen LogP contribution in [-0.4, -0.2) is 0 Å². The van der Waals surface area contributed by atoms with Crippen molar-refractivity contribution < 1.29 is 0 Å². The van der Waals surface area contributed by atoms with Crippen LogP contribution in [0.3, 0.4) is 0 Å². The summed E-state index contributed by atoms with van der Waals surface area (Å²) in [5, 5.41) is 0. The van der Waals surface area contributed by atoms with Crippen molar-refractivity contribution in [3.8, 4) is 0 Å². The van der Waals surface area contributed by atoms with Crippen LogP contribution in [0.4, 0.5) is 0 Å². The lowest BCUT2D eigenvalue weighted by Crippen LogP contribution is -2.13. The van der Waals surface area contributed by atoms with Gasteiger partial charge >= 0.3 is 0 Å². The zero-order valence-electron chi connectivity index (χ0n) is 11.6. The van der Waals surface area contributed by atoms with E-state index in [-0.39, 0.29) is 0 Å². The third kappa shape index (κ3) is 2.35. The van der Waals surface area contributed by atoms with E-state index in [2.05, 4.69) is 34.3 Å². The van der Waals surface area contributed by atoms with Crippen LogP contribution in [0.25, 0.3) is 5.57 Å². The topological polar surface area (TPSA) is 0 Å². The Kier molecular flexibility index (Phi) is 3.77. The van der Waals surface area contributed by atoms with Crippen LogP contribution < -0.4 is 0 Å². The van der Waals surface area contributed by atoms with E-state index < -0.39 is 0 Å². The van der Waals surface area contributed by atoms with Gasteiger partial charge in [0, 0.05) is 9.75 Å². The molecule has 1 aliphatic carbocycles. The zero-order valence-corrected chi connectivity index (χ0v) is 12.4. The maximum atomic E-state index is 4.31. The Labute approximate surface area is 110 Å². The van der Waals surface area contributed by atoms with E-state index in [0.29, 0.717) is 0 Å². The standard InChI is InChI=1S/C16H24S/c1-6-7-11(3)15-13(5)17-16-12(4)8-10(2)9-14(15)16/h10,12H,3,6-9H2,1-2,4-5H3. The lowest BCUT2D eigenvalue weighted by molar-refractivity contribution is 0.455. The van der Waals surface area contributed by atoms with Crippen LogP contribution in [0.5, 0.6) is 0 Å². The number of hydrogen-bond acceptors (Lipinski definition) is 1. The fourth-order valence-electron chi connectivity index (χ4n) is 3.25. The predicted octanol–water partition coefficient (Wildman–Crippen LogP) is 5.56. The molecule has 0 saturated carbocycles. The molecule has 0 nitrogen and oxygen atoms in total. The van der Waals surface area contributed by atoms with Crippen molar-refractivity contribution in [3.63, 3.8) is 0 Å². The molecule has 2 atom stereocenters. The van der Waals surface area contributed by atoms with Crippen molar-refractivity contribution in [2.45, 2.75) is 59.3 Å². The molecule has 0 N–H and O–H groups in total. The lowest BCUT2D eigenvalue weighted by Gasteiger charge is -2.25. The van der Waals surface area contributed by atoms with Crippen LogP contribution in [-0.2, 0) is 6.42 Å². The van der Waals surface area contributed by atoms with Crippen molar-refractivity contribution in [3.05, 3.63) is 27.5 Å². The molecule has 1 aliphatic rings. The zero-order chi connectivity index (χ0) is 12.6. The highest BCUT2D eigenvalue weighted by molar-refractivity contribution is 7.12. The third-order valence-corrected chi connectivity index (χ3v) is 5.25.